The van der Waals surface area contributed by atoms with Crippen molar-refractivity contribution in [2.45, 2.75) is 13.3 Å². The van der Waals surface area contributed by atoms with Crippen molar-refractivity contribution >= 4 is 5.91 Å². The van der Waals surface area contributed by atoms with Crippen LogP contribution in [-0.2, 0) is 13.5 Å². The Morgan fingerprint density at radius 3 is 2.95 bits per heavy atom. The van der Waals surface area contributed by atoms with Crippen molar-refractivity contribution in [1.82, 2.24) is 14.9 Å². The lowest BCUT2D eigenvalue weighted by molar-refractivity contribution is 0.0953. The first-order chi connectivity index (χ1) is 9.08. The van der Waals surface area contributed by atoms with Gasteiger partial charge in [0.1, 0.15) is 5.75 Å². The summed E-state index contributed by atoms with van der Waals surface area (Å²) in [5, 5.41) is 12.2. The van der Waals surface area contributed by atoms with Crippen molar-refractivity contribution in [2.24, 2.45) is 7.05 Å². The van der Waals surface area contributed by atoms with Crippen LogP contribution in [0.25, 0.3) is 0 Å². The van der Waals surface area contributed by atoms with Gasteiger partial charge in [-0.1, -0.05) is 6.07 Å². The van der Waals surface area contributed by atoms with Crippen molar-refractivity contribution in [3.63, 3.8) is 0 Å². The first-order valence-electron chi connectivity index (χ1n) is 6.11. The molecular formula is C14H17N3O2. The number of carbonyl (C=O) groups is 1. The Balaban J connectivity index is 1.94. The molecule has 5 heteroatoms. The van der Waals surface area contributed by atoms with Gasteiger partial charge in [-0.2, -0.15) is 0 Å². The number of imidazole rings is 1. The van der Waals surface area contributed by atoms with Crippen LogP contribution in [-0.4, -0.2) is 27.1 Å². The molecule has 1 aromatic carbocycles. The van der Waals surface area contributed by atoms with Crippen molar-refractivity contribution in [3.8, 4) is 5.75 Å². The Morgan fingerprint density at radius 1 is 1.47 bits per heavy atom. The summed E-state index contributed by atoms with van der Waals surface area (Å²) in [6.07, 6.45) is 4.24. The number of rotatable bonds is 4. The minimum Gasteiger partial charge on any atom is -0.508 e. The Hall–Kier alpha value is -2.30. The molecule has 0 aliphatic carbocycles. The zero-order valence-corrected chi connectivity index (χ0v) is 11.1. The number of phenols is 1. The fourth-order valence-corrected chi connectivity index (χ4v) is 1.88. The van der Waals surface area contributed by atoms with Crippen LogP contribution in [0.5, 0.6) is 5.75 Å². The zero-order chi connectivity index (χ0) is 13.8. The molecule has 19 heavy (non-hydrogen) atoms. The van der Waals surface area contributed by atoms with Gasteiger partial charge in [0.05, 0.1) is 6.33 Å². The summed E-state index contributed by atoms with van der Waals surface area (Å²) in [5.41, 5.74) is 2.41. The van der Waals surface area contributed by atoms with E-state index in [-0.39, 0.29) is 11.7 Å². The number of nitrogens with one attached hydrogen (secondary N) is 1. The molecule has 0 bridgehead atoms. The van der Waals surface area contributed by atoms with Crippen LogP contribution >= 0.6 is 0 Å². The van der Waals surface area contributed by atoms with Gasteiger partial charge in [-0.05, 0) is 24.6 Å². The van der Waals surface area contributed by atoms with E-state index in [1.54, 1.807) is 24.7 Å². The van der Waals surface area contributed by atoms with E-state index in [4.69, 9.17) is 0 Å². The van der Waals surface area contributed by atoms with E-state index in [1.165, 1.54) is 6.07 Å². The molecule has 0 atom stereocenters. The molecule has 2 N–H and O–H groups in total. The van der Waals surface area contributed by atoms with E-state index in [2.05, 4.69) is 10.3 Å². The highest BCUT2D eigenvalue weighted by Gasteiger charge is 2.09. The zero-order valence-electron chi connectivity index (χ0n) is 11.1. The summed E-state index contributed by atoms with van der Waals surface area (Å²) in [5.74, 6) is -0.0713. The van der Waals surface area contributed by atoms with Crippen LogP contribution in [0.15, 0.2) is 30.7 Å². The molecule has 2 aromatic rings. The smallest absolute Gasteiger partial charge is 0.251 e. The van der Waals surface area contributed by atoms with Crippen LogP contribution in [0.2, 0.25) is 0 Å². The fourth-order valence-electron chi connectivity index (χ4n) is 1.88. The molecule has 0 aliphatic heterocycles. The number of amides is 1. The number of aromatic nitrogens is 2. The largest absolute Gasteiger partial charge is 0.508 e. The number of nitrogens with zero attached hydrogens (tertiary/aromatic N) is 2. The number of hydrogen-bond donors (Lipinski definition) is 2. The fraction of sp³-hybridized carbons (Fsp3) is 0.286. The SMILES string of the molecule is Cc1ccc(O)cc1C(=O)NCCc1cncn1C. The lowest BCUT2D eigenvalue weighted by Gasteiger charge is -2.08. The average molecular weight is 259 g/mol. The Kier molecular flexibility index (Phi) is 3.85. The van der Waals surface area contributed by atoms with Gasteiger partial charge in [0.2, 0.25) is 0 Å². The first kappa shape index (κ1) is 13.1. The minimum atomic E-state index is -0.171. The highest BCUT2D eigenvalue weighted by molar-refractivity contribution is 5.96. The number of benzene rings is 1. The molecule has 2 rings (SSSR count). The first-order valence-corrected chi connectivity index (χ1v) is 6.11. The molecule has 1 heterocycles. The van der Waals surface area contributed by atoms with Crippen LogP contribution in [0.1, 0.15) is 21.6 Å². The van der Waals surface area contributed by atoms with Crippen LogP contribution in [0, 0.1) is 6.92 Å². The standard InChI is InChI=1S/C14H17N3O2/c1-10-3-4-12(18)7-13(10)14(19)16-6-5-11-8-15-9-17(11)2/h3-4,7-9,18H,5-6H2,1-2H3,(H,16,19). The van der Waals surface area contributed by atoms with Crippen LogP contribution < -0.4 is 5.32 Å². The lowest BCUT2D eigenvalue weighted by Crippen LogP contribution is -2.26. The molecular weight excluding hydrogens is 242 g/mol. The van der Waals surface area contributed by atoms with E-state index in [0.29, 0.717) is 12.1 Å². The van der Waals surface area contributed by atoms with Gasteiger partial charge in [0.25, 0.3) is 5.91 Å². The number of aryl methyl sites for hydroxylation is 2. The second-order valence-corrected chi connectivity index (χ2v) is 4.50. The molecule has 5 nitrogen and oxygen atoms in total. The van der Waals surface area contributed by atoms with Gasteiger partial charge in [-0.25, -0.2) is 4.98 Å². The summed E-state index contributed by atoms with van der Waals surface area (Å²) in [6, 6.07) is 4.78. The topological polar surface area (TPSA) is 67.2 Å². The van der Waals surface area contributed by atoms with Crippen molar-refractivity contribution in [1.29, 1.82) is 0 Å². The molecule has 1 amide bonds. The molecule has 0 aliphatic rings. The predicted octanol–water partition coefficient (Wildman–Crippen LogP) is 1.41. The second-order valence-electron chi connectivity index (χ2n) is 4.50. The van der Waals surface area contributed by atoms with E-state index in [9.17, 15) is 9.90 Å². The second kappa shape index (κ2) is 5.56. The lowest BCUT2D eigenvalue weighted by atomic mass is 10.1. The Bertz CT molecular complexity index is 590. The molecule has 0 saturated heterocycles. The predicted molar refractivity (Wildman–Crippen MR) is 72.1 cm³/mol. The maximum Gasteiger partial charge on any atom is 0.251 e. The third-order valence-electron chi connectivity index (χ3n) is 3.05. The molecule has 0 unspecified atom stereocenters. The number of aromatic hydroxyl groups is 1. The maximum atomic E-state index is 12.0. The van der Waals surface area contributed by atoms with E-state index < -0.39 is 0 Å². The molecule has 0 spiro atoms. The molecule has 1 aromatic heterocycles. The summed E-state index contributed by atoms with van der Waals surface area (Å²) in [4.78, 5) is 16.0. The van der Waals surface area contributed by atoms with Crippen molar-refractivity contribution in [3.05, 3.63) is 47.5 Å². The van der Waals surface area contributed by atoms with Gasteiger partial charge in [0.15, 0.2) is 0 Å². The van der Waals surface area contributed by atoms with Crippen molar-refractivity contribution < 1.29 is 9.90 Å². The number of hydrogen-bond acceptors (Lipinski definition) is 3. The molecule has 0 radical (unpaired) electrons. The summed E-state index contributed by atoms with van der Waals surface area (Å²) < 4.78 is 1.92. The summed E-state index contributed by atoms with van der Waals surface area (Å²) in [6.45, 7) is 2.38. The molecule has 0 saturated carbocycles. The van der Waals surface area contributed by atoms with Gasteiger partial charge in [-0.3, -0.25) is 4.79 Å². The quantitative estimate of drug-likeness (QED) is 0.872. The number of carbonyl (C=O) groups excluding carboxylic acids is 1. The highest BCUT2D eigenvalue weighted by atomic mass is 16.3. The highest BCUT2D eigenvalue weighted by Crippen LogP contribution is 2.15. The monoisotopic (exact) mass is 259 g/mol. The number of phenolic OH excluding ortho intramolecular Hbond substituents is 1. The van der Waals surface area contributed by atoms with E-state index in [0.717, 1.165) is 17.7 Å². The van der Waals surface area contributed by atoms with Gasteiger partial charge < -0.3 is 15.0 Å². The third-order valence-corrected chi connectivity index (χ3v) is 3.05. The van der Waals surface area contributed by atoms with Crippen molar-refractivity contribution in [2.75, 3.05) is 6.54 Å². The van der Waals surface area contributed by atoms with E-state index in [1.807, 2.05) is 18.5 Å². The minimum absolute atomic E-state index is 0.0994. The Labute approximate surface area is 111 Å². The maximum absolute atomic E-state index is 12.0. The molecule has 0 fully saturated rings. The Morgan fingerprint density at radius 2 is 2.26 bits per heavy atom. The van der Waals surface area contributed by atoms with Gasteiger partial charge in [0, 0.05) is 37.5 Å². The average Bonchev–Trinajstić information content (AvgIpc) is 2.78. The summed E-state index contributed by atoms with van der Waals surface area (Å²) in [7, 11) is 1.92. The van der Waals surface area contributed by atoms with Crippen LogP contribution in [0.4, 0.5) is 0 Å². The summed E-state index contributed by atoms with van der Waals surface area (Å²) >= 11 is 0. The van der Waals surface area contributed by atoms with Crippen LogP contribution in [0.3, 0.4) is 0 Å². The van der Waals surface area contributed by atoms with Gasteiger partial charge in [-0.15, -0.1) is 0 Å². The normalized spacial score (nSPS) is 10.4. The third kappa shape index (κ3) is 3.13. The van der Waals surface area contributed by atoms with E-state index >= 15 is 0 Å². The molecule has 100 valence electrons. The van der Waals surface area contributed by atoms with Gasteiger partial charge >= 0.3 is 0 Å².